The molecule has 0 radical (unpaired) electrons. The van der Waals surface area contributed by atoms with Crippen LogP contribution in [0.2, 0.25) is 5.15 Å². The Kier molecular flexibility index (Phi) is 3.52. The van der Waals surface area contributed by atoms with Crippen LogP contribution in [0.4, 0.5) is 0 Å². The van der Waals surface area contributed by atoms with E-state index in [2.05, 4.69) is 4.98 Å². The minimum atomic E-state index is -0.839. The molecule has 0 saturated carbocycles. The lowest BCUT2D eigenvalue weighted by atomic mass is 10.1. The molecule has 5 nitrogen and oxygen atoms in total. The van der Waals surface area contributed by atoms with Crippen LogP contribution in [-0.4, -0.2) is 29.6 Å². The largest absolute Gasteiger partial charge is 0.463 e. The van der Waals surface area contributed by atoms with Gasteiger partial charge in [0.1, 0.15) is 5.15 Å². The van der Waals surface area contributed by atoms with Crippen molar-refractivity contribution >= 4 is 23.5 Å². The standard InChI is InChI=1S/C12H12ClNO4/c1-6-5-7(2)14-10(13)9(6)12(16)18-8-3-4-17-11(8)15/h5,8H,3-4H2,1-2H3/t8-/m1/s1. The molecule has 0 aromatic carbocycles. The molecular formula is C12H12ClNO4. The highest BCUT2D eigenvalue weighted by molar-refractivity contribution is 6.32. The molecule has 1 fully saturated rings. The topological polar surface area (TPSA) is 65.5 Å². The van der Waals surface area contributed by atoms with E-state index in [9.17, 15) is 9.59 Å². The van der Waals surface area contributed by atoms with Gasteiger partial charge in [-0.1, -0.05) is 11.6 Å². The van der Waals surface area contributed by atoms with E-state index in [1.165, 1.54) is 0 Å². The molecule has 6 heteroatoms. The summed E-state index contributed by atoms with van der Waals surface area (Å²) in [4.78, 5) is 27.2. The highest BCUT2D eigenvalue weighted by Crippen LogP contribution is 2.21. The van der Waals surface area contributed by atoms with E-state index in [-0.39, 0.29) is 17.3 Å². The van der Waals surface area contributed by atoms with Crippen molar-refractivity contribution in [1.29, 1.82) is 0 Å². The van der Waals surface area contributed by atoms with Crippen molar-refractivity contribution in [1.82, 2.24) is 4.98 Å². The molecule has 1 aliphatic heterocycles. The Morgan fingerprint density at radius 1 is 1.56 bits per heavy atom. The van der Waals surface area contributed by atoms with Crippen molar-refractivity contribution in [3.63, 3.8) is 0 Å². The van der Waals surface area contributed by atoms with Crippen molar-refractivity contribution in [2.24, 2.45) is 0 Å². The summed E-state index contributed by atoms with van der Waals surface area (Å²) in [6.07, 6.45) is -0.463. The van der Waals surface area contributed by atoms with E-state index in [1.807, 2.05) is 0 Å². The van der Waals surface area contributed by atoms with Crippen molar-refractivity contribution in [2.75, 3.05) is 6.61 Å². The smallest absolute Gasteiger partial charge is 0.347 e. The maximum atomic E-state index is 11.9. The van der Waals surface area contributed by atoms with Crippen LogP contribution >= 0.6 is 11.6 Å². The molecule has 1 saturated heterocycles. The molecule has 1 aromatic rings. The lowest BCUT2D eigenvalue weighted by molar-refractivity contribution is -0.145. The summed E-state index contributed by atoms with van der Waals surface area (Å²) in [5, 5.41) is 0.0869. The third kappa shape index (κ3) is 2.46. The van der Waals surface area contributed by atoms with Crippen LogP contribution in [0.3, 0.4) is 0 Å². The third-order valence-electron chi connectivity index (χ3n) is 2.64. The maximum Gasteiger partial charge on any atom is 0.347 e. The van der Waals surface area contributed by atoms with Crippen LogP contribution in [0.1, 0.15) is 28.0 Å². The highest BCUT2D eigenvalue weighted by atomic mass is 35.5. The van der Waals surface area contributed by atoms with Gasteiger partial charge in [-0.25, -0.2) is 14.6 Å². The van der Waals surface area contributed by atoms with Crippen LogP contribution in [-0.2, 0) is 14.3 Å². The average molecular weight is 270 g/mol. The first-order valence-corrected chi connectivity index (χ1v) is 5.88. The summed E-state index contributed by atoms with van der Waals surface area (Å²) >= 11 is 5.92. The lowest BCUT2D eigenvalue weighted by Crippen LogP contribution is -2.23. The fraction of sp³-hybridized carbons (Fsp3) is 0.417. The number of nitrogens with zero attached hydrogens (tertiary/aromatic N) is 1. The van der Waals surface area contributed by atoms with Gasteiger partial charge < -0.3 is 9.47 Å². The van der Waals surface area contributed by atoms with Gasteiger partial charge in [-0.15, -0.1) is 0 Å². The number of pyridine rings is 1. The molecule has 0 amide bonds. The van der Waals surface area contributed by atoms with Gasteiger partial charge in [0.15, 0.2) is 0 Å². The van der Waals surface area contributed by atoms with E-state index in [4.69, 9.17) is 21.1 Å². The van der Waals surface area contributed by atoms with Crippen LogP contribution in [0, 0.1) is 13.8 Å². The van der Waals surface area contributed by atoms with Gasteiger partial charge in [0.2, 0.25) is 6.10 Å². The molecule has 0 aliphatic carbocycles. The molecule has 0 unspecified atom stereocenters. The monoisotopic (exact) mass is 269 g/mol. The van der Waals surface area contributed by atoms with E-state index in [0.29, 0.717) is 17.7 Å². The Hall–Kier alpha value is -1.62. The predicted octanol–water partition coefficient (Wildman–Crippen LogP) is 1.82. The first-order valence-electron chi connectivity index (χ1n) is 5.50. The summed E-state index contributed by atoms with van der Waals surface area (Å²) in [5.74, 6) is -1.16. The number of esters is 2. The number of carbonyl (C=O) groups is 2. The number of carbonyl (C=O) groups excluding carboxylic acids is 2. The Labute approximate surface area is 109 Å². The molecule has 96 valence electrons. The SMILES string of the molecule is Cc1cc(C)c(C(=O)O[C@@H]2CCOC2=O)c(Cl)n1. The van der Waals surface area contributed by atoms with Gasteiger partial charge >= 0.3 is 11.9 Å². The summed E-state index contributed by atoms with van der Waals surface area (Å²) < 4.78 is 9.79. The first kappa shape index (κ1) is 12.8. The number of aryl methyl sites for hydroxylation is 2. The average Bonchev–Trinajstić information content (AvgIpc) is 2.62. The molecule has 0 spiro atoms. The van der Waals surface area contributed by atoms with E-state index in [0.717, 1.165) is 0 Å². The summed E-state index contributed by atoms with van der Waals surface area (Å²) in [5.41, 5.74) is 1.58. The number of hydrogen-bond acceptors (Lipinski definition) is 5. The first-order chi connectivity index (χ1) is 8.49. The minimum Gasteiger partial charge on any atom is -0.463 e. The Bertz CT molecular complexity index is 492. The van der Waals surface area contributed by atoms with Crippen molar-refractivity contribution < 1.29 is 19.1 Å². The van der Waals surface area contributed by atoms with E-state index in [1.54, 1.807) is 19.9 Å². The normalized spacial score (nSPS) is 18.6. The highest BCUT2D eigenvalue weighted by Gasteiger charge is 2.31. The van der Waals surface area contributed by atoms with Crippen LogP contribution in [0.5, 0.6) is 0 Å². The number of cyclic esters (lactones) is 1. The van der Waals surface area contributed by atoms with Crippen molar-refractivity contribution in [3.05, 3.63) is 28.0 Å². The molecule has 1 aromatic heterocycles. The van der Waals surface area contributed by atoms with Crippen LogP contribution in [0.25, 0.3) is 0 Å². The Balaban J connectivity index is 2.21. The zero-order chi connectivity index (χ0) is 13.3. The fourth-order valence-electron chi connectivity index (χ4n) is 1.81. The third-order valence-corrected chi connectivity index (χ3v) is 2.91. The summed E-state index contributed by atoms with van der Waals surface area (Å²) in [6.45, 7) is 3.79. The van der Waals surface area contributed by atoms with Crippen molar-refractivity contribution in [3.8, 4) is 0 Å². The predicted molar refractivity (Wildman–Crippen MR) is 63.5 cm³/mol. The lowest BCUT2D eigenvalue weighted by Gasteiger charge is -2.11. The molecular weight excluding hydrogens is 258 g/mol. The quantitative estimate of drug-likeness (QED) is 0.605. The van der Waals surface area contributed by atoms with E-state index < -0.39 is 18.0 Å². The second kappa shape index (κ2) is 4.94. The molecule has 0 N–H and O–H groups in total. The van der Waals surface area contributed by atoms with Crippen molar-refractivity contribution in [2.45, 2.75) is 26.4 Å². The molecule has 0 bridgehead atoms. The Morgan fingerprint density at radius 2 is 2.28 bits per heavy atom. The maximum absolute atomic E-state index is 11.9. The van der Waals surface area contributed by atoms with Gasteiger partial charge in [0.25, 0.3) is 0 Å². The zero-order valence-electron chi connectivity index (χ0n) is 10.0. The van der Waals surface area contributed by atoms with E-state index >= 15 is 0 Å². The summed E-state index contributed by atoms with van der Waals surface area (Å²) in [6, 6.07) is 1.73. The fourth-order valence-corrected chi connectivity index (χ4v) is 2.17. The molecule has 18 heavy (non-hydrogen) atoms. The number of rotatable bonds is 2. The number of aromatic nitrogens is 1. The van der Waals surface area contributed by atoms with Gasteiger partial charge in [0, 0.05) is 12.1 Å². The number of halogens is 1. The zero-order valence-corrected chi connectivity index (χ0v) is 10.8. The second-order valence-electron chi connectivity index (χ2n) is 4.10. The summed E-state index contributed by atoms with van der Waals surface area (Å²) in [7, 11) is 0. The molecule has 2 rings (SSSR count). The minimum absolute atomic E-state index is 0.0869. The van der Waals surface area contributed by atoms with Crippen LogP contribution in [0.15, 0.2) is 6.07 Å². The van der Waals surface area contributed by atoms with Gasteiger partial charge in [0.05, 0.1) is 12.2 Å². The molecule has 2 heterocycles. The molecule has 1 aliphatic rings. The van der Waals surface area contributed by atoms with Gasteiger partial charge in [-0.05, 0) is 25.5 Å². The van der Waals surface area contributed by atoms with Gasteiger partial charge in [-0.2, -0.15) is 0 Å². The number of hydrogen-bond donors (Lipinski definition) is 0. The molecule has 1 atom stereocenters. The Morgan fingerprint density at radius 3 is 2.83 bits per heavy atom. The number of ether oxygens (including phenoxy) is 2. The van der Waals surface area contributed by atoms with Gasteiger partial charge in [-0.3, -0.25) is 0 Å². The van der Waals surface area contributed by atoms with Crippen LogP contribution < -0.4 is 0 Å². The second-order valence-corrected chi connectivity index (χ2v) is 4.45.